The van der Waals surface area contributed by atoms with Crippen LogP contribution in [0.1, 0.15) is 19.3 Å². The summed E-state index contributed by atoms with van der Waals surface area (Å²) < 4.78 is 71.9. The molecule has 180 valence electrons. The number of piperidine rings is 1. The fourth-order valence-corrected chi connectivity index (χ4v) is 5.96. The van der Waals surface area contributed by atoms with Crippen LogP contribution in [0.5, 0.6) is 5.75 Å². The zero-order valence-corrected chi connectivity index (χ0v) is 20.0. The number of amides is 1. The first-order chi connectivity index (χ1) is 15.5. The van der Waals surface area contributed by atoms with E-state index in [1.807, 2.05) is 0 Å². The smallest absolute Gasteiger partial charge is 0.245 e. The Labute approximate surface area is 193 Å². The van der Waals surface area contributed by atoms with Crippen LogP contribution in [0.25, 0.3) is 0 Å². The molecule has 0 atom stereocenters. The van der Waals surface area contributed by atoms with Gasteiger partial charge in [0.1, 0.15) is 18.1 Å². The van der Waals surface area contributed by atoms with Gasteiger partial charge in [0.25, 0.3) is 0 Å². The second-order valence-corrected chi connectivity index (χ2v) is 11.4. The number of rotatable bonds is 8. The Morgan fingerprint density at radius 1 is 1.09 bits per heavy atom. The Balaban J connectivity index is 1.88. The van der Waals surface area contributed by atoms with Gasteiger partial charge in [-0.2, -0.15) is 4.31 Å². The summed E-state index contributed by atoms with van der Waals surface area (Å²) in [4.78, 5) is 12.7. The normalized spacial score (nSPS) is 15.1. The number of anilines is 2. The minimum absolute atomic E-state index is 0.0189. The number of ether oxygens (including phenoxy) is 1. The van der Waals surface area contributed by atoms with Crippen LogP contribution in [0, 0.1) is 5.82 Å². The molecule has 1 aliphatic rings. The number of nitrogens with one attached hydrogen (secondary N) is 1. The largest absolute Gasteiger partial charge is 0.495 e. The molecule has 2 aromatic rings. The Morgan fingerprint density at radius 2 is 1.76 bits per heavy atom. The maximum absolute atomic E-state index is 14.2. The third-order valence-corrected chi connectivity index (χ3v) is 8.23. The lowest BCUT2D eigenvalue weighted by Gasteiger charge is -2.26. The van der Waals surface area contributed by atoms with Crippen molar-refractivity contribution in [2.45, 2.75) is 24.2 Å². The number of halogens is 1. The van der Waals surface area contributed by atoms with Crippen LogP contribution >= 0.6 is 0 Å². The Morgan fingerprint density at radius 3 is 2.36 bits per heavy atom. The van der Waals surface area contributed by atoms with Gasteiger partial charge in [-0.15, -0.1) is 0 Å². The first-order valence-electron chi connectivity index (χ1n) is 10.2. The van der Waals surface area contributed by atoms with Crippen LogP contribution in [0.2, 0.25) is 0 Å². The molecule has 1 aliphatic heterocycles. The average molecular weight is 500 g/mol. The lowest BCUT2D eigenvalue weighted by Crippen LogP contribution is -2.38. The standard InChI is InChI=1S/C21H26FN3O6S2/c1-31-20-11-10-16(33(29,30)24-12-6-3-7-13-24)14-18(20)23-21(26)15-25(32(2,27)28)19-9-5-4-8-17(19)22/h4-5,8-11,14H,3,6-7,12-13,15H2,1-2H3,(H,23,26). The molecular weight excluding hydrogens is 473 g/mol. The first kappa shape index (κ1) is 24.9. The van der Waals surface area contributed by atoms with E-state index in [9.17, 15) is 26.0 Å². The molecule has 3 rings (SSSR count). The van der Waals surface area contributed by atoms with Crippen LogP contribution in [0.4, 0.5) is 15.8 Å². The summed E-state index contributed by atoms with van der Waals surface area (Å²) in [5.74, 6) is -1.41. The van der Waals surface area contributed by atoms with Gasteiger partial charge in [-0.05, 0) is 43.2 Å². The summed E-state index contributed by atoms with van der Waals surface area (Å²) in [5.41, 5.74) is -0.217. The van der Waals surface area contributed by atoms with Crippen molar-refractivity contribution in [3.63, 3.8) is 0 Å². The highest BCUT2D eigenvalue weighted by Crippen LogP contribution is 2.30. The summed E-state index contributed by atoms with van der Waals surface area (Å²) in [7, 11) is -6.41. The summed E-state index contributed by atoms with van der Waals surface area (Å²) in [6.07, 6.45) is 3.38. The van der Waals surface area contributed by atoms with Gasteiger partial charge in [-0.25, -0.2) is 21.2 Å². The van der Waals surface area contributed by atoms with E-state index in [2.05, 4.69) is 5.32 Å². The van der Waals surface area contributed by atoms with Gasteiger partial charge < -0.3 is 10.1 Å². The third kappa shape index (κ3) is 5.81. The number of para-hydroxylation sites is 1. The molecule has 1 saturated heterocycles. The van der Waals surface area contributed by atoms with Gasteiger partial charge in [-0.3, -0.25) is 9.10 Å². The number of carbonyl (C=O) groups excluding carboxylic acids is 1. The minimum Gasteiger partial charge on any atom is -0.495 e. The SMILES string of the molecule is COc1ccc(S(=O)(=O)N2CCCCC2)cc1NC(=O)CN(c1ccccc1F)S(C)(=O)=O. The van der Waals surface area contributed by atoms with Crippen molar-refractivity contribution in [1.82, 2.24) is 4.31 Å². The van der Waals surface area contributed by atoms with Crippen LogP contribution in [0.3, 0.4) is 0 Å². The molecule has 1 N–H and O–H groups in total. The van der Waals surface area contributed by atoms with E-state index in [1.54, 1.807) is 0 Å². The molecule has 2 aromatic carbocycles. The predicted molar refractivity (Wildman–Crippen MR) is 123 cm³/mol. The monoisotopic (exact) mass is 499 g/mol. The Hall–Kier alpha value is -2.70. The van der Waals surface area contributed by atoms with Gasteiger partial charge in [0.05, 0.1) is 29.6 Å². The molecule has 0 aliphatic carbocycles. The van der Waals surface area contributed by atoms with Crippen molar-refractivity contribution in [3.8, 4) is 5.75 Å². The number of hydrogen-bond acceptors (Lipinski definition) is 6. The van der Waals surface area contributed by atoms with Gasteiger partial charge in [-0.1, -0.05) is 18.6 Å². The van der Waals surface area contributed by atoms with Crippen molar-refractivity contribution in [1.29, 1.82) is 0 Å². The molecule has 9 nitrogen and oxygen atoms in total. The first-order valence-corrected chi connectivity index (χ1v) is 13.5. The summed E-state index contributed by atoms with van der Waals surface area (Å²) in [6.45, 7) is 0.121. The number of carbonyl (C=O) groups is 1. The molecular formula is C21H26FN3O6S2. The van der Waals surface area contributed by atoms with E-state index in [1.165, 1.54) is 47.8 Å². The van der Waals surface area contributed by atoms with Crippen molar-refractivity contribution in [2.75, 3.05) is 42.6 Å². The van der Waals surface area contributed by atoms with Crippen molar-refractivity contribution >= 4 is 37.3 Å². The van der Waals surface area contributed by atoms with Crippen molar-refractivity contribution in [2.24, 2.45) is 0 Å². The Bertz CT molecular complexity index is 1230. The zero-order chi connectivity index (χ0) is 24.2. The highest BCUT2D eigenvalue weighted by molar-refractivity contribution is 7.92. The van der Waals surface area contributed by atoms with E-state index >= 15 is 0 Å². The molecule has 0 spiro atoms. The molecule has 1 heterocycles. The second-order valence-electron chi connectivity index (χ2n) is 7.60. The molecule has 0 saturated carbocycles. The maximum atomic E-state index is 14.2. The van der Waals surface area contributed by atoms with Crippen LogP contribution in [0.15, 0.2) is 47.4 Å². The van der Waals surface area contributed by atoms with E-state index in [0.717, 1.165) is 31.6 Å². The number of hydrogen-bond donors (Lipinski definition) is 1. The van der Waals surface area contributed by atoms with Gasteiger partial charge in [0, 0.05) is 13.1 Å². The third-order valence-electron chi connectivity index (χ3n) is 5.21. The number of methoxy groups -OCH3 is 1. The van der Waals surface area contributed by atoms with Crippen LogP contribution in [-0.2, 0) is 24.8 Å². The summed E-state index contributed by atoms with van der Waals surface area (Å²) >= 11 is 0. The summed E-state index contributed by atoms with van der Waals surface area (Å²) in [6, 6.07) is 9.26. The second kappa shape index (κ2) is 10.1. The van der Waals surface area contributed by atoms with Gasteiger partial charge in [0.15, 0.2) is 0 Å². The van der Waals surface area contributed by atoms with Crippen molar-refractivity contribution in [3.05, 3.63) is 48.3 Å². The van der Waals surface area contributed by atoms with E-state index in [0.29, 0.717) is 17.4 Å². The number of benzene rings is 2. The van der Waals surface area contributed by atoms with Gasteiger partial charge >= 0.3 is 0 Å². The van der Waals surface area contributed by atoms with Gasteiger partial charge in [0.2, 0.25) is 26.0 Å². The number of nitrogens with zero attached hydrogens (tertiary/aromatic N) is 2. The Kier molecular flexibility index (Phi) is 7.60. The molecule has 0 bridgehead atoms. The van der Waals surface area contributed by atoms with E-state index in [4.69, 9.17) is 4.74 Å². The molecule has 1 fully saturated rings. The maximum Gasteiger partial charge on any atom is 0.245 e. The molecule has 0 aromatic heterocycles. The number of sulfonamides is 2. The predicted octanol–water partition coefficient (Wildman–Crippen LogP) is 2.41. The highest BCUT2D eigenvalue weighted by Gasteiger charge is 2.28. The summed E-state index contributed by atoms with van der Waals surface area (Å²) in [5, 5.41) is 2.49. The minimum atomic E-state index is -3.99. The quantitative estimate of drug-likeness (QED) is 0.597. The average Bonchev–Trinajstić information content (AvgIpc) is 2.78. The fourth-order valence-electron chi connectivity index (χ4n) is 3.55. The molecule has 33 heavy (non-hydrogen) atoms. The highest BCUT2D eigenvalue weighted by atomic mass is 32.2. The van der Waals surface area contributed by atoms with Crippen LogP contribution in [-0.4, -0.2) is 60.0 Å². The fraction of sp³-hybridized carbons (Fsp3) is 0.381. The zero-order valence-electron chi connectivity index (χ0n) is 18.3. The lowest BCUT2D eigenvalue weighted by molar-refractivity contribution is -0.114. The molecule has 12 heteroatoms. The van der Waals surface area contributed by atoms with E-state index in [-0.39, 0.29) is 22.0 Å². The molecule has 1 amide bonds. The topological polar surface area (TPSA) is 113 Å². The van der Waals surface area contributed by atoms with Crippen LogP contribution < -0.4 is 14.4 Å². The van der Waals surface area contributed by atoms with E-state index < -0.39 is 38.3 Å². The molecule has 0 unspecified atom stereocenters. The van der Waals surface area contributed by atoms with Crippen molar-refractivity contribution < 1.29 is 30.8 Å². The lowest BCUT2D eigenvalue weighted by atomic mass is 10.2. The molecule has 0 radical (unpaired) electrons.